The van der Waals surface area contributed by atoms with Crippen molar-refractivity contribution < 1.29 is 22.0 Å². The number of nitrogens with one attached hydrogen (secondary N) is 1. The molecular weight excluding hydrogens is 501 g/mol. The van der Waals surface area contributed by atoms with E-state index in [2.05, 4.69) is 36.7 Å². The third-order valence-corrected chi connectivity index (χ3v) is 7.14. The smallest absolute Gasteiger partial charge is 0.362 e. The molecule has 0 bridgehead atoms. The van der Waals surface area contributed by atoms with Crippen molar-refractivity contribution in [3.63, 3.8) is 0 Å². The molecule has 12 nitrogen and oxygen atoms in total. The lowest BCUT2D eigenvalue weighted by Crippen LogP contribution is -2.67. The van der Waals surface area contributed by atoms with Crippen LogP contribution in [0.4, 0.5) is 10.2 Å². The fourth-order valence-corrected chi connectivity index (χ4v) is 5.38. The Morgan fingerprint density at radius 2 is 2.00 bits per heavy atom. The van der Waals surface area contributed by atoms with Gasteiger partial charge in [-0.3, -0.25) is 4.52 Å². The van der Waals surface area contributed by atoms with E-state index in [4.69, 9.17) is 14.3 Å². The maximum Gasteiger partial charge on any atom is 0.446 e. The van der Waals surface area contributed by atoms with Crippen LogP contribution in [0.3, 0.4) is 0 Å². The lowest BCUT2D eigenvalue weighted by Gasteiger charge is -2.57. The summed E-state index contributed by atoms with van der Waals surface area (Å²) in [7, 11) is -3.66. The number of benzene rings is 1. The van der Waals surface area contributed by atoms with Gasteiger partial charge in [0.1, 0.15) is 5.82 Å². The van der Waals surface area contributed by atoms with Crippen LogP contribution >= 0.6 is 15.9 Å². The minimum Gasteiger partial charge on any atom is -0.362 e. The molecule has 31 heavy (non-hydrogen) atoms. The van der Waals surface area contributed by atoms with Gasteiger partial charge in [0, 0.05) is 24.5 Å². The number of halogens is 2. The molecule has 1 aliphatic carbocycles. The van der Waals surface area contributed by atoms with Gasteiger partial charge in [-0.1, -0.05) is 5.16 Å². The first-order chi connectivity index (χ1) is 14.7. The SMILES string of the molecule is NS(=O)(=O)N1CC2(CC(Nc3nonc3-c3noc(=O)n3-c3ccc(F)c(Br)c3)C2)C1. The van der Waals surface area contributed by atoms with Crippen molar-refractivity contribution in [2.45, 2.75) is 18.9 Å². The molecule has 1 spiro atoms. The lowest BCUT2D eigenvalue weighted by atomic mass is 9.61. The average Bonchev–Trinajstić information content (AvgIpc) is 3.23. The molecule has 3 aromatic rings. The Bertz CT molecular complexity index is 1320. The number of hydrogen-bond acceptors (Lipinski definition) is 9. The molecule has 15 heteroatoms. The zero-order chi connectivity index (χ0) is 22.0. The molecule has 0 unspecified atom stereocenters. The maximum atomic E-state index is 13.6. The Morgan fingerprint density at radius 3 is 2.68 bits per heavy atom. The summed E-state index contributed by atoms with van der Waals surface area (Å²) >= 11 is 3.08. The normalized spacial score (nSPS) is 18.7. The van der Waals surface area contributed by atoms with Crippen molar-refractivity contribution in [3.05, 3.63) is 39.0 Å². The van der Waals surface area contributed by atoms with E-state index in [9.17, 15) is 17.6 Å². The molecule has 1 saturated heterocycles. The van der Waals surface area contributed by atoms with Crippen LogP contribution in [0.15, 0.2) is 36.6 Å². The minimum absolute atomic E-state index is 0.000294. The molecular formula is C16H15BrFN7O5S. The van der Waals surface area contributed by atoms with Gasteiger partial charge in [0.2, 0.25) is 11.6 Å². The third kappa shape index (κ3) is 3.46. The zero-order valence-corrected chi connectivity index (χ0v) is 18.1. The molecule has 1 saturated carbocycles. The summed E-state index contributed by atoms with van der Waals surface area (Å²) < 4.78 is 48.4. The molecule has 2 aliphatic rings. The predicted octanol–water partition coefficient (Wildman–Crippen LogP) is 0.857. The molecule has 5 rings (SSSR count). The summed E-state index contributed by atoms with van der Waals surface area (Å²) in [5.74, 6) is -0.991. The number of nitrogens with two attached hydrogens (primary N) is 1. The van der Waals surface area contributed by atoms with Crippen molar-refractivity contribution in [1.82, 2.24) is 24.3 Å². The van der Waals surface area contributed by atoms with Crippen molar-refractivity contribution in [2.75, 3.05) is 18.4 Å². The van der Waals surface area contributed by atoms with E-state index in [1.165, 1.54) is 22.5 Å². The van der Waals surface area contributed by atoms with Crippen LogP contribution in [0.25, 0.3) is 17.2 Å². The second kappa shape index (κ2) is 6.94. The molecule has 2 fully saturated rings. The van der Waals surface area contributed by atoms with Crippen molar-refractivity contribution in [3.8, 4) is 17.2 Å². The lowest BCUT2D eigenvalue weighted by molar-refractivity contribution is -0.0174. The van der Waals surface area contributed by atoms with Crippen LogP contribution in [0.5, 0.6) is 0 Å². The molecule has 0 amide bonds. The Hall–Kier alpha value is -2.62. The Labute approximate surface area is 182 Å². The van der Waals surface area contributed by atoms with Gasteiger partial charge in [0.15, 0.2) is 5.69 Å². The highest BCUT2D eigenvalue weighted by Crippen LogP contribution is 2.50. The second-order valence-electron chi connectivity index (χ2n) is 7.73. The van der Waals surface area contributed by atoms with E-state index >= 15 is 0 Å². The summed E-state index contributed by atoms with van der Waals surface area (Å²) in [6.07, 6.45) is 1.42. The van der Waals surface area contributed by atoms with Gasteiger partial charge >= 0.3 is 5.76 Å². The fraction of sp³-hybridized carbons (Fsp3) is 0.375. The van der Waals surface area contributed by atoms with Gasteiger partial charge in [-0.25, -0.2) is 23.5 Å². The Balaban J connectivity index is 1.36. The van der Waals surface area contributed by atoms with E-state index in [1.807, 2.05) is 0 Å². The van der Waals surface area contributed by atoms with Crippen LogP contribution in [-0.2, 0) is 10.2 Å². The summed E-state index contributed by atoms with van der Waals surface area (Å²) in [4.78, 5) is 12.2. The summed E-state index contributed by atoms with van der Waals surface area (Å²) in [6, 6.07) is 3.99. The number of anilines is 1. The first-order valence-corrected chi connectivity index (χ1v) is 11.4. The molecule has 0 atom stereocenters. The number of hydrogen-bond donors (Lipinski definition) is 2. The number of nitrogens with zero attached hydrogens (tertiary/aromatic N) is 5. The average molecular weight is 516 g/mol. The second-order valence-corrected chi connectivity index (χ2v) is 10.1. The van der Waals surface area contributed by atoms with Gasteiger partial charge in [0.25, 0.3) is 10.2 Å². The highest BCUT2D eigenvalue weighted by Gasteiger charge is 2.55. The van der Waals surface area contributed by atoms with Crippen molar-refractivity contribution >= 4 is 32.0 Å². The standard InChI is InChI=1S/C16H15BrFN7O5S/c17-10-3-9(1-2-11(10)18)25-14(23-29-15(25)26)12-13(22-30-21-12)20-8-4-16(5-8)6-24(7-16)31(19,27)28/h1-3,8H,4-7H2,(H,20,22)(H2,19,27,28). The predicted molar refractivity (Wildman–Crippen MR) is 107 cm³/mol. The highest BCUT2D eigenvalue weighted by atomic mass is 79.9. The first-order valence-electron chi connectivity index (χ1n) is 9.07. The van der Waals surface area contributed by atoms with Gasteiger partial charge in [-0.15, -0.1) is 0 Å². The van der Waals surface area contributed by atoms with E-state index in [0.29, 0.717) is 31.6 Å². The molecule has 1 aliphatic heterocycles. The quantitative estimate of drug-likeness (QED) is 0.501. The topological polar surface area (TPSA) is 162 Å². The minimum atomic E-state index is -3.66. The largest absolute Gasteiger partial charge is 0.446 e. The van der Waals surface area contributed by atoms with Crippen LogP contribution in [0, 0.1) is 11.2 Å². The molecule has 3 N–H and O–H groups in total. The summed E-state index contributed by atoms with van der Waals surface area (Å²) in [5.41, 5.74) is 0.355. The number of aromatic nitrogens is 4. The van der Waals surface area contributed by atoms with Gasteiger partial charge in [-0.2, -0.15) is 12.7 Å². The molecule has 0 radical (unpaired) electrons. The monoisotopic (exact) mass is 515 g/mol. The molecule has 2 aromatic heterocycles. The van der Waals surface area contributed by atoms with Gasteiger partial charge in [-0.05, 0) is 57.3 Å². The summed E-state index contributed by atoms with van der Waals surface area (Å²) in [5, 5.41) is 19.8. The summed E-state index contributed by atoms with van der Waals surface area (Å²) in [6.45, 7) is 0.770. The number of rotatable bonds is 5. The zero-order valence-electron chi connectivity index (χ0n) is 15.7. The Morgan fingerprint density at radius 1 is 1.26 bits per heavy atom. The Kier molecular flexibility index (Phi) is 4.55. The van der Waals surface area contributed by atoms with Crippen molar-refractivity contribution in [2.24, 2.45) is 10.6 Å². The highest BCUT2D eigenvalue weighted by molar-refractivity contribution is 9.10. The fourth-order valence-electron chi connectivity index (χ4n) is 4.10. The van der Waals surface area contributed by atoms with Gasteiger partial charge < -0.3 is 5.32 Å². The maximum absolute atomic E-state index is 13.6. The van der Waals surface area contributed by atoms with Crippen LogP contribution in [-0.4, -0.2) is 51.9 Å². The van der Waals surface area contributed by atoms with E-state index in [-0.39, 0.29) is 33.3 Å². The van der Waals surface area contributed by atoms with Crippen LogP contribution in [0.1, 0.15) is 12.8 Å². The van der Waals surface area contributed by atoms with E-state index in [1.54, 1.807) is 0 Å². The third-order valence-electron chi connectivity index (χ3n) is 5.55. The molecule has 164 valence electrons. The van der Waals surface area contributed by atoms with E-state index in [0.717, 1.165) is 4.57 Å². The molecule has 1 aromatic carbocycles. The van der Waals surface area contributed by atoms with E-state index < -0.39 is 21.8 Å². The molecule has 3 heterocycles. The first kappa shape index (κ1) is 20.3. The van der Waals surface area contributed by atoms with Gasteiger partial charge in [0.05, 0.1) is 10.2 Å². The van der Waals surface area contributed by atoms with Crippen LogP contribution in [0.2, 0.25) is 0 Å². The van der Waals surface area contributed by atoms with Crippen LogP contribution < -0.4 is 16.2 Å². The van der Waals surface area contributed by atoms with Crippen molar-refractivity contribution in [1.29, 1.82) is 0 Å².